The smallest absolute Gasteiger partial charge is 0.496 e. The number of hydrogen-bond donors (Lipinski definition) is 4. The van der Waals surface area contributed by atoms with Gasteiger partial charge in [-0.15, -0.1) is 13.2 Å². The Morgan fingerprint density at radius 3 is 2.64 bits per heavy atom. The Hall–Kier alpha value is -3.18. The van der Waals surface area contributed by atoms with Gasteiger partial charge in [-0.2, -0.15) is 18.0 Å². The Kier molecular flexibility index (Phi) is 6.98. The maximum absolute atomic E-state index is 12.7. The van der Waals surface area contributed by atoms with Gasteiger partial charge >= 0.3 is 16.7 Å². The van der Waals surface area contributed by atoms with Crippen LogP contribution in [-0.2, 0) is 14.5 Å². The second kappa shape index (κ2) is 9.70. The van der Waals surface area contributed by atoms with Crippen molar-refractivity contribution < 1.29 is 45.5 Å². The fourth-order valence-corrected chi connectivity index (χ4v) is 4.39. The molecule has 0 saturated heterocycles. The van der Waals surface area contributed by atoms with E-state index in [2.05, 4.69) is 24.3 Å². The van der Waals surface area contributed by atoms with Crippen LogP contribution in [0.1, 0.15) is 6.42 Å². The molecule has 0 spiro atoms. The predicted octanol–water partition coefficient (Wildman–Crippen LogP) is 1.05. The van der Waals surface area contributed by atoms with Gasteiger partial charge < -0.3 is 25.0 Å². The fraction of sp³-hybridized carbons (Fsp3) is 0.400. The molecule has 1 aliphatic carbocycles. The molecule has 0 radical (unpaired) electrons. The molecule has 0 unspecified atom stereocenters. The molecule has 2 heterocycles. The molecule has 4 atom stereocenters. The highest BCUT2D eigenvalue weighted by Crippen LogP contribution is 2.36. The third-order valence-corrected chi connectivity index (χ3v) is 6.08. The van der Waals surface area contributed by atoms with E-state index in [1.54, 1.807) is 0 Å². The number of fused-ring (bicyclic) bond motifs is 1. The SMILES string of the molecule is COc1ccc(OC(F)(F)F)cc1-c1cc2nccc(N[C@@H]3C[C@H](COS(N)(=O)=O)[C@@H](O)[C@H]3O)n2n1. The Balaban J connectivity index is 1.61. The number of aliphatic hydroxyl groups is 2. The van der Waals surface area contributed by atoms with Crippen molar-refractivity contribution >= 4 is 21.8 Å². The largest absolute Gasteiger partial charge is 0.573 e. The van der Waals surface area contributed by atoms with Gasteiger partial charge in [-0.25, -0.2) is 10.1 Å². The first-order chi connectivity index (χ1) is 16.8. The van der Waals surface area contributed by atoms with Crippen LogP contribution in [0.5, 0.6) is 11.5 Å². The van der Waals surface area contributed by atoms with Gasteiger partial charge in [0.1, 0.15) is 23.4 Å². The zero-order valence-electron chi connectivity index (χ0n) is 18.6. The third-order valence-electron chi connectivity index (χ3n) is 5.62. The Morgan fingerprint density at radius 1 is 1.22 bits per heavy atom. The van der Waals surface area contributed by atoms with Crippen molar-refractivity contribution in [1.29, 1.82) is 0 Å². The normalized spacial score (nSPS) is 22.6. The van der Waals surface area contributed by atoms with E-state index >= 15 is 0 Å². The lowest BCUT2D eigenvalue weighted by Crippen LogP contribution is -2.36. The second-order valence-electron chi connectivity index (χ2n) is 8.04. The molecule has 0 aliphatic heterocycles. The molecule has 36 heavy (non-hydrogen) atoms. The summed E-state index contributed by atoms with van der Waals surface area (Å²) in [4.78, 5) is 4.20. The Morgan fingerprint density at radius 2 is 1.97 bits per heavy atom. The predicted molar refractivity (Wildman–Crippen MR) is 118 cm³/mol. The second-order valence-corrected chi connectivity index (χ2v) is 9.27. The van der Waals surface area contributed by atoms with Crippen LogP contribution in [-0.4, -0.2) is 71.6 Å². The molecule has 1 fully saturated rings. The highest BCUT2D eigenvalue weighted by molar-refractivity contribution is 7.84. The van der Waals surface area contributed by atoms with Crippen molar-refractivity contribution in [3.05, 3.63) is 36.5 Å². The van der Waals surface area contributed by atoms with Crippen LogP contribution < -0.4 is 19.9 Å². The van der Waals surface area contributed by atoms with Crippen molar-refractivity contribution in [2.75, 3.05) is 19.0 Å². The fourth-order valence-electron chi connectivity index (χ4n) is 4.03. The van der Waals surface area contributed by atoms with Crippen molar-refractivity contribution in [3.63, 3.8) is 0 Å². The molecule has 4 rings (SSSR count). The highest BCUT2D eigenvalue weighted by atomic mass is 32.2. The van der Waals surface area contributed by atoms with Crippen molar-refractivity contribution in [2.24, 2.45) is 11.1 Å². The summed E-state index contributed by atoms with van der Waals surface area (Å²) in [5, 5.41) is 33.0. The number of halogens is 3. The highest BCUT2D eigenvalue weighted by Gasteiger charge is 2.42. The molecule has 0 bridgehead atoms. The van der Waals surface area contributed by atoms with Crippen molar-refractivity contribution in [1.82, 2.24) is 14.6 Å². The average molecular weight is 533 g/mol. The first-order valence-corrected chi connectivity index (χ1v) is 11.9. The van der Waals surface area contributed by atoms with Crippen LogP contribution in [0.3, 0.4) is 0 Å². The van der Waals surface area contributed by atoms with Crippen molar-refractivity contribution in [2.45, 2.75) is 31.0 Å². The van der Waals surface area contributed by atoms with Crippen LogP contribution in [0.15, 0.2) is 36.5 Å². The van der Waals surface area contributed by atoms with Gasteiger partial charge in [-0.05, 0) is 30.7 Å². The zero-order chi connectivity index (χ0) is 26.3. The molecule has 0 amide bonds. The van der Waals surface area contributed by atoms with Crippen LogP contribution in [0.25, 0.3) is 16.9 Å². The number of anilines is 1. The van der Waals surface area contributed by atoms with E-state index in [0.29, 0.717) is 11.5 Å². The summed E-state index contributed by atoms with van der Waals surface area (Å²) in [6, 6.07) is 5.90. The molecular weight excluding hydrogens is 511 g/mol. The van der Waals surface area contributed by atoms with Gasteiger partial charge in [0.05, 0.1) is 31.6 Å². The topological polar surface area (TPSA) is 171 Å². The summed E-state index contributed by atoms with van der Waals surface area (Å²) in [6.45, 7) is -0.414. The lowest BCUT2D eigenvalue weighted by Gasteiger charge is -2.19. The standard InChI is InChI=1S/C20H22F3N5O7S/c1-33-15-3-2-11(35-20(21,22)23)7-12(15)13-8-17-25-5-4-16(28(17)27-13)26-14-6-10(18(29)19(14)30)9-34-36(24,31)32/h2-5,7-8,10,14,18-19,26,29-30H,6,9H2,1H3,(H2,24,31,32)/t10-,14-,18-,19+/m1/s1. The molecule has 12 nitrogen and oxygen atoms in total. The van der Waals surface area contributed by atoms with E-state index in [1.165, 1.54) is 36.0 Å². The molecule has 2 aromatic heterocycles. The molecule has 5 N–H and O–H groups in total. The summed E-state index contributed by atoms with van der Waals surface area (Å²) in [5.41, 5.74) is 0.765. The van der Waals surface area contributed by atoms with Crippen LogP contribution in [0.4, 0.5) is 19.0 Å². The number of benzene rings is 1. The van der Waals surface area contributed by atoms with Gasteiger partial charge in [0.2, 0.25) is 0 Å². The number of nitrogens with zero attached hydrogens (tertiary/aromatic N) is 3. The summed E-state index contributed by atoms with van der Waals surface area (Å²) in [6.07, 6.45) is -5.85. The molecule has 196 valence electrons. The van der Waals surface area contributed by atoms with Crippen molar-refractivity contribution in [3.8, 4) is 22.8 Å². The molecule has 16 heteroatoms. The average Bonchev–Trinajstić information content (AvgIpc) is 3.33. The maximum Gasteiger partial charge on any atom is 0.573 e. The Bertz CT molecular complexity index is 1350. The molecular formula is C20H22F3N5O7S. The number of aromatic nitrogens is 3. The number of nitrogens with one attached hydrogen (secondary N) is 1. The van der Waals surface area contributed by atoms with E-state index in [1.807, 2.05) is 0 Å². The van der Waals surface area contributed by atoms with Gasteiger partial charge in [-0.3, -0.25) is 4.18 Å². The van der Waals surface area contributed by atoms with E-state index < -0.39 is 53.2 Å². The molecule has 1 aromatic carbocycles. The minimum Gasteiger partial charge on any atom is -0.496 e. The first-order valence-electron chi connectivity index (χ1n) is 10.4. The van der Waals surface area contributed by atoms with Crippen LogP contribution >= 0.6 is 0 Å². The number of hydrogen-bond acceptors (Lipinski definition) is 10. The first kappa shape index (κ1) is 25.9. The van der Waals surface area contributed by atoms with Crippen LogP contribution in [0.2, 0.25) is 0 Å². The Labute approximate surface area is 202 Å². The van der Waals surface area contributed by atoms with Gasteiger partial charge in [0, 0.05) is 23.7 Å². The summed E-state index contributed by atoms with van der Waals surface area (Å²) in [7, 11) is -2.86. The van der Waals surface area contributed by atoms with E-state index in [4.69, 9.17) is 9.88 Å². The lowest BCUT2D eigenvalue weighted by atomic mass is 10.1. The summed E-state index contributed by atoms with van der Waals surface area (Å²) < 4.78 is 75.3. The number of rotatable bonds is 8. The number of alkyl halides is 3. The minimum atomic E-state index is -4.88. The van der Waals surface area contributed by atoms with Gasteiger partial charge in [-0.1, -0.05) is 0 Å². The number of aliphatic hydroxyl groups excluding tert-OH is 2. The minimum absolute atomic E-state index is 0.139. The van der Waals surface area contributed by atoms with E-state index in [-0.39, 0.29) is 23.4 Å². The molecule has 1 aliphatic rings. The zero-order valence-corrected chi connectivity index (χ0v) is 19.4. The summed E-state index contributed by atoms with van der Waals surface area (Å²) in [5.74, 6) is -0.592. The number of ether oxygens (including phenoxy) is 2. The lowest BCUT2D eigenvalue weighted by molar-refractivity contribution is -0.274. The van der Waals surface area contributed by atoms with Gasteiger partial charge in [0.15, 0.2) is 5.65 Å². The molecule has 1 saturated carbocycles. The summed E-state index contributed by atoms with van der Waals surface area (Å²) >= 11 is 0. The molecule has 3 aromatic rings. The maximum atomic E-state index is 12.7. The van der Waals surface area contributed by atoms with E-state index in [9.17, 15) is 31.8 Å². The van der Waals surface area contributed by atoms with Gasteiger partial charge in [0.25, 0.3) is 0 Å². The number of methoxy groups -OCH3 is 1. The van der Waals surface area contributed by atoms with Crippen LogP contribution in [0, 0.1) is 5.92 Å². The van der Waals surface area contributed by atoms with E-state index in [0.717, 1.165) is 12.1 Å². The quantitative estimate of drug-likeness (QED) is 0.328. The number of nitrogens with two attached hydrogens (primary N) is 1. The monoisotopic (exact) mass is 533 g/mol. The third kappa shape index (κ3) is 5.79.